The van der Waals surface area contributed by atoms with Gasteiger partial charge in [-0.2, -0.15) is 0 Å². The monoisotopic (exact) mass is 401 g/mol. The highest BCUT2D eigenvalue weighted by Crippen LogP contribution is 2.45. The van der Waals surface area contributed by atoms with Gasteiger partial charge >= 0.3 is 0 Å². The number of carbonyl (C=O) groups excluding carboxylic acids is 1. The van der Waals surface area contributed by atoms with Crippen LogP contribution in [-0.4, -0.2) is 25.2 Å². The van der Waals surface area contributed by atoms with Gasteiger partial charge in [0.05, 0.1) is 12.2 Å². The fourth-order valence-electron chi connectivity index (χ4n) is 3.25. The van der Waals surface area contributed by atoms with E-state index >= 15 is 0 Å². The van der Waals surface area contributed by atoms with Crippen molar-refractivity contribution < 1.29 is 19.0 Å². The molecule has 0 aromatic heterocycles. The quantitative estimate of drug-likeness (QED) is 0.467. The molecular formula is C22H24ClNO4. The van der Waals surface area contributed by atoms with E-state index in [0.29, 0.717) is 30.4 Å². The molecule has 0 saturated carbocycles. The van der Waals surface area contributed by atoms with Crippen molar-refractivity contribution in [1.29, 1.82) is 0 Å². The van der Waals surface area contributed by atoms with E-state index in [1.165, 1.54) is 0 Å². The molecule has 0 fully saturated rings. The van der Waals surface area contributed by atoms with Crippen LogP contribution in [0, 0.1) is 0 Å². The Morgan fingerprint density at radius 1 is 1.29 bits per heavy atom. The molecule has 0 spiro atoms. The zero-order chi connectivity index (χ0) is 20.1. The average Bonchev–Trinajstić information content (AvgIpc) is 3.18. The van der Waals surface area contributed by atoms with Crippen molar-refractivity contribution in [3.05, 3.63) is 60.2 Å². The molecule has 0 atom stereocenters. The molecule has 2 aromatic rings. The molecule has 0 radical (unpaired) electrons. The number of rotatable bonds is 8. The van der Waals surface area contributed by atoms with Crippen molar-refractivity contribution in [2.45, 2.75) is 26.3 Å². The summed E-state index contributed by atoms with van der Waals surface area (Å²) in [7, 11) is 0. The summed E-state index contributed by atoms with van der Waals surface area (Å²) in [4.78, 5) is 14.5. The van der Waals surface area contributed by atoms with Gasteiger partial charge in [0.1, 0.15) is 18.2 Å². The van der Waals surface area contributed by atoms with E-state index in [0.717, 1.165) is 16.8 Å². The third-order valence-corrected chi connectivity index (χ3v) is 4.72. The summed E-state index contributed by atoms with van der Waals surface area (Å²) < 4.78 is 17.0. The largest absolute Gasteiger partial charge is 0.489 e. The maximum absolute atomic E-state index is 12.8. The summed E-state index contributed by atoms with van der Waals surface area (Å²) in [5.74, 6) is 1.91. The molecule has 1 heterocycles. The van der Waals surface area contributed by atoms with Crippen molar-refractivity contribution in [2.24, 2.45) is 0 Å². The molecule has 1 aliphatic rings. The van der Waals surface area contributed by atoms with Crippen LogP contribution in [0.5, 0.6) is 17.2 Å². The highest BCUT2D eigenvalue weighted by atomic mass is 35.5. The van der Waals surface area contributed by atoms with Crippen LogP contribution in [0.3, 0.4) is 0 Å². The maximum atomic E-state index is 12.8. The SMILES string of the molecule is C=CCOc1ccccc1CN(C(=O)CCl)c1ccc2c(c1C(C)C)OCO2. The topological polar surface area (TPSA) is 48.0 Å². The van der Waals surface area contributed by atoms with E-state index in [2.05, 4.69) is 20.4 Å². The van der Waals surface area contributed by atoms with Crippen molar-refractivity contribution in [3.63, 3.8) is 0 Å². The predicted molar refractivity (Wildman–Crippen MR) is 111 cm³/mol. The van der Waals surface area contributed by atoms with Gasteiger partial charge in [0.15, 0.2) is 11.5 Å². The molecule has 148 valence electrons. The third kappa shape index (κ3) is 4.09. The number of ether oxygens (including phenoxy) is 3. The van der Waals surface area contributed by atoms with Crippen LogP contribution < -0.4 is 19.1 Å². The zero-order valence-corrected chi connectivity index (χ0v) is 16.9. The van der Waals surface area contributed by atoms with Crippen molar-refractivity contribution >= 4 is 23.2 Å². The Balaban J connectivity index is 2.04. The van der Waals surface area contributed by atoms with Crippen molar-refractivity contribution in [1.82, 2.24) is 0 Å². The summed E-state index contributed by atoms with van der Waals surface area (Å²) >= 11 is 5.94. The van der Waals surface area contributed by atoms with Crippen LogP contribution in [0.1, 0.15) is 30.9 Å². The minimum absolute atomic E-state index is 0.123. The Bertz CT molecular complexity index is 866. The standard InChI is InChI=1S/C22H24ClNO4/c1-4-11-26-18-8-6-5-7-16(18)13-24(20(25)12-23)17-9-10-19-22(28-14-27-19)21(17)15(2)3/h4-10,15H,1,11-14H2,2-3H3. The van der Waals surface area contributed by atoms with Gasteiger partial charge in [-0.25, -0.2) is 0 Å². The fraction of sp³-hybridized carbons (Fsp3) is 0.318. The van der Waals surface area contributed by atoms with Crippen molar-refractivity contribution in [2.75, 3.05) is 24.2 Å². The number of carbonyl (C=O) groups is 1. The maximum Gasteiger partial charge on any atom is 0.242 e. The van der Waals surface area contributed by atoms with E-state index in [9.17, 15) is 4.79 Å². The minimum Gasteiger partial charge on any atom is -0.489 e. The number of amides is 1. The molecule has 0 bridgehead atoms. The number of anilines is 1. The lowest BCUT2D eigenvalue weighted by molar-refractivity contribution is -0.116. The van der Waals surface area contributed by atoms with Gasteiger partial charge in [0.25, 0.3) is 0 Å². The summed E-state index contributed by atoms with van der Waals surface area (Å²) in [6.45, 7) is 8.71. The first-order chi connectivity index (χ1) is 13.6. The second-order valence-corrected chi connectivity index (χ2v) is 6.98. The van der Waals surface area contributed by atoms with E-state index in [1.54, 1.807) is 11.0 Å². The summed E-state index contributed by atoms with van der Waals surface area (Å²) in [5, 5.41) is 0. The lowest BCUT2D eigenvalue weighted by Crippen LogP contribution is -2.32. The smallest absolute Gasteiger partial charge is 0.242 e. The fourth-order valence-corrected chi connectivity index (χ4v) is 3.40. The van der Waals surface area contributed by atoms with Gasteiger partial charge in [0, 0.05) is 11.1 Å². The Kier molecular flexibility index (Phi) is 6.47. The molecule has 3 rings (SSSR count). The lowest BCUT2D eigenvalue weighted by Gasteiger charge is -2.27. The van der Waals surface area contributed by atoms with Crippen molar-refractivity contribution in [3.8, 4) is 17.2 Å². The first kappa shape index (κ1) is 20.1. The van der Waals surface area contributed by atoms with E-state index in [4.69, 9.17) is 25.8 Å². The molecule has 1 amide bonds. The number of hydrogen-bond donors (Lipinski definition) is 0. The summed E-state index contributed by atoms with van der Waals surface area (Å²) in [5.41, 5.74) is 2.58. The first-order valence-corrected chi connectivity index (χ1v) is 9.70. The number of para-hydroxylation sites is 1. The van der Waals surface area contributed by atoms with Crippen LogP contribution in [0.4, 0.5) is 5.69 Å². The van der Waals surface area contributed by atoms with E-state index in [-0.39, 0.29) is 24.5 Å². The van der Waals surface area contributed by atoms with Gasteiger partial charge in [-0.1, -0.05) is 44.7 Å². The normalized spacial score (nSPS) is 12.1. The third-order valence-electron chi connectivity index (χ3n) is 4.50. The lowest BCUT2D eigenvalue weighted by atomic mass is 9.98. The molecule has 5 nitrogen and oxygen atoms in total. The molecule has 0 aliphatic carbocycles. The molecule has 1 aliphatic heterocycles. The predicted octanol–water partition coefficient (Wildman–Crippen LogP) is 4.88. The number of nitrogens with zero attached hydrogens (tertiary/aromatic N) is 1. The highest BCUT2D eigenvalue weighted by Gasteiger charge is 2.28. The van der Waals surface area contributed by atoms with Gasteiger partial charge in [-0.15, -0.1) is 11.6 Å². The highest BCUT2D eigenvalue weighted by molar-refractivity contribution is 6.29. The number of halogens is 1. The molecular weight excluding hydrogens is 378 g/mol. The summed E-state index contributed by atoms with van der Waals surface area (Å²) in [6.07, 6.45) is 1.69. The molecule has 0 saturated heterocycles. The van der Waals surface area contributed by atoms with Crippen LogP contribution in [0.15, 0.2) is 49.1 Å². The second-order valence-electron chi connectivity index (χ2n) is 6.71. The molecule has 0 N–H and O–H groups in total. The second kappa shape index (κ2) is 9.02. The van der Waals surface area contributed by atoms with E-state index in [1.807, 2.05) is 36.4 Å². The van der Waals surface area contributed by atoms with Gasteiger partial charge < -0.3 is 19.1 Å². The van der Waals surface area contributed by atoms with Crippen LogP contribution in [0.2, 0.25) is 0 Å². The number of hydrogen-bond acceptors (Lipinski definition) is 4. The Morgan fingerprint density at radius 3 is 2.79 bits per heavy atom. The number of benzene rings is 2. The van der Waals surface area contributed by atoms with E-state index < -0.39 is 0 Å². The van der Waals surface area contributed by atoms with Crippen LogP contribution in [0.25, 0.3) is 0 Å². The van der Waals surface area contributed by atoms with Crippen LogP contribution in [-0.2, 0) is 11.3 Å². The van der Waals surface area contributed by atoms with Gasteiger partial charge in [0.2, 0.25) is 12.7 Å². The summed E-state index contributed by atoms with van der Waals surface area (Å²) in [6, 6.07) is 11.4. The average molecular weight is 402 g/mol. The zero-order valence-electron chi connectivity index (χ0n) is 16.1. The van der Waals surface area contributed by atoms with Gasteiger partial charge in [-0.3, -0.25) is 4.79 Å². The molecule has 2 aromatic carbocycles. The Labute approximate surface area is 170 Å². The number of alkyl halides is 1. The Hall–Kier alpha value is -2.66. The molecule has 6 heteroatoms. The first-order valence-electron chi connectivity index (χ1n) is 9.17. The van der Waals surface area contributed by atoms with Gasteiger partial charge in [-0.05, 0) is 24.1 Å². The van der Waals surface area contributed by atoms with Crippen LogP contribution >= 0.6 is 11.6 Å². The minimum atomic E-state index is -0.194. The Morgan fingerprint density at radius 2 is 2.07 bits per heavy atom. The molecule has 0 unspecified atom stereocenters. The number of fused-ring (bicyclic) bond motifs is 1. The molecule has 28 heavy (non-hydrogen) atoms.